The highest BCUT2D eigenvalue weighted by Crippen LogP contribution is 2.28. The predicted molar refractivity (Wildman–Crippen MR) is 105 cm³/mol. The van der Waals surface area contributed by atoms with Crippen molar-refractivity contribution in [2.75, 3.05) is 58.4 Å². The topological polar surface area (TPSA) is 70.2 Å². The second-order valence-electron chi connectivity index (χ2n) is 7.27. The van der Waals surface area contributed by atoms with Crippen LogP contribution in [0.15, 0.2) is 23.1 Å². The van der Waals surface area contributed by atoms with E-state index in [0.717, 1.165) is 44.5 Å². The number of anilines is 1. The number of rotatable bonds is 4. The lowest BCUT2D eigenvalue weighted by atomic mass is 10.1. The zero-order chi connectivity index (χ0) is 19.4. The molecule has 0 unspecified atom stereocenters. The Kier molecular flexibility index (Phi) is 6.39. The summed E-state index contributed by atoms with van der Waals surface area (Å²) in [7, 11) is -0.596. The van der Waals surface area contributed by atoms with Crippen LogP contribution in [0.3, 0.4) is 0 Å². The van der Waals surface area contributed by atoms with E-state index in [4.69, 9.17) is 4.74 Å². The normalized spacial score (nSPS) is 19.2. The molecule has 0 spiro atoms. The molecule has 0 aliphatic carbocycles. The minimum Gasteiger partial charge on any atom is -0.378 e. The zero-order valence-electron chi connectivity index (χ0n) is 16.2. The van der Waals surface area contributed by atoms with Gasteiger partial charge in [-0.1, -0.05) is 12.8 Å². The molecular weight excluding hydrogens is 366 g/mol. The van der Waals surface area contributed by atoms with Gasteiger partial charge >= 0.3 is 0 Å². The number of hydrogen-bond acceptors (Lipinski definition) is 5. The molecule has 7 nitrogen and oxygen atoms in total. The largest absolute Gasteiger partial charge is 0.378 e. The van der Waals surface area contributed by atoms with Gasteiger partial charge in [-0.05, 0) is 31.0 Å². The van der Waals surface area contributed by atoms with Crippen LogP contribution in [0.4, 0.5) is 5.69 Å². The Balaban J connectivity index is 2.01. The quantitative estimate of drug-likeness (QED) is 0.777. The molecule has 150 valence electrons. The maximum absolute atomic E-state index is 13.3. The fourth-order valence-corrected chi connectivity index (χ4v) is 4.51. The molecule has 2 heterocycles. The van der Waals surface area contributed by atoms with Gasteiger partial charge in [-0.15, -0.1) is 0 Å². The van der Waals surface area contributed by atoms with Crippen LogP contribution in [0.5, 0.6) is 0 Å². The Labute approximate surface area is 161 Å². The van der Waals surface area contributed by atoms with E-state index in [-0.39, 0.29) is 10.8 Å². The number of benzene rings is 1. The number of nitrogens with zero attached hydrogens (tertiary/aromatic N) is 3. The van der Waals surface area contributed by atoms with Gasteiger partial charge in [0.2, 0.25) is 10.0 Å². The van der Waals surface area contributed by atoms with Crippen LogP contribution >= 0.6 is 0 Å². The molecular formula is C19H29N3O4S. The molecule has 2 aliphatic rings. The van der Waals surface area contributed by atoms with Crippen molar-refractivity contribution in [3.8, 4) is 0 Å². The summed E-state index contributed by atoms with van der Waals surface area (Å²) in [5, 5.41) is 0. The van der Waals surface area contributed by atoms with Gasteiger partial charge in [-0.3, -0.25) is 4.79 Å². The van der Waals surface area contributed by atoms with E-state index in [1.165, 1.54) is 18.4 Å². The van der Waals surface area contributed by atoms with Crippen molar-refractivity contribution in [1.82, 2.24) is 9.21 Å². The number of ether oxygens (including phenoxy) is 1. The van der Waals surface area contributed by atoms with Gasteiger partial charge in [0.1, 0.15) is 0 Å². The maximum Gasteiger partial charge on any atom is 0.256 e. The fraction of sp³-hybridized carbons (Fsp3) is 0.632. The third-order valence-electron chi connectivity index (χ3n) is 5.22. The van der Waals surface area contributed by atoms with E-state index in [1.807, 2.05) is 4.90 Å². The summed E-state index contributed by atoms with van der Waals surface area (Å²) >= 11 is 0. The van der Waals surface area contributed by atoms with Crippen LogP contribution in [0.2, 0.25) is 0 Å². The summed E-state index contributed by atoms with van der Waals surface area (Å²) in [6.07, 6.45) is 4.26. The van der Waals surface area contributed by atoms with Crippen molar-refractivity contribution in [3.63, 3.8) is 0 Å². The summed E-state index contributed by atoms with van der Waals surface area (Å²) in [5.74, 6) is -0.0748. The summed E-state index contributed by atoms with van der Waals surface area (Å²) < 4.78 is 31.8. The highest BCUT2D eigenvalue weighted by molar-refractivity contribution is 7.89. The van der Waals surface area contributed by atoms with Crippen LogP contribution in [-0.4, -0.2) is 77.0 Å². The molecule has 1 amide bonds. The highest BCUT2D eigenvalue weighted by Gasteiger charge is 2.27. The SMILES string of the molecule is CN(C)S(=O)(=O)c1ccc(N2CCOCC2)c(C(=O)N2CCCCCC2)c1. The minimum atomic E-state index is -3.60. The first-order valence-corrected chi connectivity index (χ1v) is 11.0. The predicted octanol–water partition coefficient (Wildman–Crippen LogP) is 1.79. The number of carbonyl (C=O) groups is 1. The molecule has 1 aromatic rings. The van der Waals surface area contributed by atoms with Crippen molar-refractivity contribution in [2.45, 2.75) is 30.6 Å². The zero-order valence-corrected chi connectivity index (χ0v) is 17.0. The second kappa shape index (κ2) is 8.58. The second-order valence-corrected chi connectivity index (χ2v) is 9.42. The van der Waals surface area contributed by atoms with Gasteiger partial charge in [0, 0.05) is 46.0 Å². The first kappa shape index (κ1) is 20.1. The lowest BCUT2D eigenvalue weighted by Gasteiger charge is -2.32. The molecule has 0 saturated carbocycles. The Morgan fingerprint density at radius 2 is 1.63 bits per heavy atom. The van der Waals surface area contributed by atoms with Gasteiger partial charge in [-0.25, -0.2) is 12.7 Å². The van der Waals surface area contributed by atoms with Crippen LogP contribution in [0.1, 0.15) is 36.0 Å². The first-order chi connectivity index (χ1) is 12.9. The highest BCUT2D eigenvalue weighted by atomic mass is 32.2. The van der Waals surface area contributed by atoms with Crippen molar-refractivity contribution >= 4 is 21.6 Å². The summed E-state index contributed by atoms with van der Waals surface area (Å²) in [6.45, 7) is 4.06. The number of sulfonamides is 1. The molecule has 2 saturated heterocycles. The Morgan fingerprint density at radius 3 is 2.22 bits per heavy atom. The molecule has 2 aliphatic heterocycles. The molecule has 8 heteroatoms. The third kappa shape index (κ3) is 4.44. The Bertz CT molecular complexity index is 765. The van der Waals surface area contributed by atoms with Crippen LogP contribution in [-0.2, 0) is 14.8 Å². The molecule has 0 N–H and O–H groups in total. The standard InChI is InChI=1S/C19H29N3O4S/c1-20(2)27(24,25)16-7-8-18(21-11-13-26-14-12-21)17(15-16)19(23)22-9-5-3-4-6-10-22/h7-8,15H,3-6,9-14H2,1-2H3. The molecule has 27 heavy (non-hydrogen) atoms. The van der Waals surface area contributed by atoms with Crippen LogP contribution < -0.4 is 4.90 Å². The number of hydrogen-bond donors (Lipinski definition) is 0. The van der Waals surface area contributed by atoms with Crippen molar-refractivity contribution in [3.05, 3.63) is 23.8 Å². The van der Waals surface area contributed by atoms with Crippen molar-refractivity contribution < 1.29 is 17.9 Å². The summed E-state index contributed by atoms with van der Waals surface area (Å²) in [5.41, 5.74) is 1.27. The molecule has 0 aromatic heterocycles. The van der Waals surface area contributed by atoms with Gasteiger partial charge in [0.15, 0.2) is 0 Å². The first-order valence-electron chi connectivity index (χ1n) is 9.60. The molecule has 0 atom stereocenters. The van der Waals surface area contributed by atoms with E-state index in [2.05, 4.69) is 4.90 Å². The smallest absolute Gasteiger partial charge is 0.256 e. The molecule has 2 fully saturated rings. The average Bonchev–Trinajstić information content (AvgIpc) is 2.97. The third-order valence-corrected chi connectivity index (χ3v) is 7.03. The number of carbonyl (C=O) groups excluding carboxylic acids is 1. The molecule has 3 rings (SSSR count). The van der Waals surface area contributed by atoms with Crippen LogP contribution in [0, 0.1) is 0 Å². The lowest BCUT2D eigenvalue weighted by Crippen LogP contribution is -2.39. The van der Waals surface area contributed by atoms with Crippen molar-refractivity contribution in [1.29, 1.82) is 0 Å². The monoisotopic (exact) mass is 395 g/mol. The average molecular weight is 396 g/mol. The van der Waals surface area contributed by atoms with E-state index < -0.39 is 10.0 Å². The van der Waals surface area contributed by atoms with Crippen LogP contribution in [0.25, 0.3) is 0 Å². The van der Waals surface area contributed by atoms with Gasteiger partial charge in [-0.2, -0.15) is 0 Å². The number of likely N-dealkylation sites (tertiary alicyclic amines) is 1. The van der Waals surface area contributed by atoms with E-state index in [0.29, 0.717) is 31.9 Å². The lowest BCUT2D eigenvalue weighted by molar-refractivity contribution is 0.0760. The maximum atomic E-state index is 13.3. The minimum absolute atomic E-state index is 0.0748. The van der Waals surface area contributed by atoms with Crippen molar-refractivity contribution in [2.24, 2.45) is 0 Å². The van der Waals surface area contributed by atoms with E-state index >= 15 is 0 Å². The Morgan fingerprint density at radius 1 is 1.00 bits per heavy atom. The summed E-state index contributed by atoms with van der Waals surface area (Å²) in [6, 6.07) is 4.92. The van der Waals surface area contributed by atoms with Gasteiger partial charge in [0.05, 0.1) is 23.7 Å². The van der Waals surface area contributed by atoms with Gasteiger partial charge < -0.3 is 14.5 Å². The fourth-order valence-electron chi connectivity index (χ4n) is 3.58. The van der Waals surface area contributed by atoms with Gasteiger partial charge in [0.25, 0.3) is 5.91 Å². The molecule has 0 bridgehead atoms. The molecule has 1 aromatic carbocycles. The van der Waals surface area contributed by atoms with E-state index in [9.17, 15) is 13.2 Å². The molecule has 0 radical (unpaired) electrons. The summed E-state index contributed by atoms with van der Waals surface area (Å²) in [4.78, 5) is 17.5. The van der Waals surface area contributed by atoms with E-state index in [1.54, 1.807) is 18.2 Å². The number of amides is 1. The number of morpholine rings is 1. The Hall–Kier alpha value is -1.64.